The fraction of sp³-hybridized carbons (Fsp3) is 0.538. The second-order valence-corrected chi connectivity index (χ2v) is 35.8. The molecule has 0 nitrogen and oxygen atoms in total. The molecule has 0 amide bonds. The van der Waals surface area contributed by atoms with E-state index in [9.17, 15) is 0 Å². The normalized spacial score (nSPS) is 28.5. The summed E-state index contributed by atoms with van der Waals surface area (Å²) in [6.07, 6.45) is 51.2. The van der Waals surface area contributed by atoms with Crippen molar-refractivity contribution in [2.75, 3.05) is 0 Å². The number of halogens is 4. The standard InChI is InChI=1S/C41H50.C32H48.CH4.4CH3.4ClH.2Zr/c1-6-7-10-15-30-21-22-34(27-30)41(31-16-11-8-12-17-31,32-18-13-9-14-19-32)39-37-26-29(2)20-24-35(37)36-25-23-33(28-38(36)39)40(3,4)5;1-9-10-19-32(8,22-13-11-12-14-22)29-27-20-23(30(2,3)4)15-17-25(27)26-18-16-24(21-28(26)29)31(5,6)7;;;;;;;;;;;/h6,8-9,11-14,16-20,23-26,28,30,34-39H,1,7,10,15,21-22,27H2,2-5H3;9,15-18,20-22,25-29H,1,10-14,19H2,2-8H3;1H4;4*1H3;4*1H;;/q;;;4*-1;;;;;2*+4/p-4. The molecular formula is C78H114Cl4Zr2. The molecule has 462 valence electrons. The summed E-state index contributed by atoms with van der Waals surface area (Å²) >= 11 is -1.65. The second kappa shape index (κ2) is 34.8. The van der Waals surface area contributed by atoms with Crippen LogP contribution in [0.5, 0.6) is 0 Å². The van der Waals surface area contributed by atoms with Crippen molar-refractivity contribution in [2.45, 2.75) is 166 Å². The number of allylic oxidation sites excluding steroid dienone is 18. The van der Waals surface area contributed by atoms with Gasteiger partial charge in [-0.3, -0.25) is 0 Å². The van der Waals surface area contributed by atoms with Crippen LogP contribution in [0.25, 0.3) is 0 Å². The Kier molecular flexibility index (Phi) is 32.7. The zero-order valence-electron chi connectivity index (χ0n) is 54.3. The van der Waals surface area contributed by atoms with Gasteiger partial charge >= 0.3 is 75.7 Å². The topological polar surface area (TPSA) is 0 Å². The molecule has 4 saturated carbocycles. The van der Waals surface area contributed by atoms with Gasteiger partial charge in [-0.15, -0.1) is 13.2 Å². The molecule has 0 aromatic heterocycles. The summed E-state index contributed by atoms with van der Waals surface area (Å²) < 4.78 is 0. The van der Waals surface area contributed by atoms with Crippen molar-refractivity contribution in [3.63, 3.8) is 0 Å². The Bertz CT molecular complexity index is 2480. The Morgan fingerprint density at radius 2 is 0.869 bits per heavy atom. The third-order valence-electron chi connectivity index (χ3n) is 20.7. The molecule has 8 aliphatic rings. The van der Waals surface area contributed by atoms with Crippen LogP contribution in [0.3, 0.4) is 0 Å². The van der Waals surface area contributed by atoms with Crippen molar-refractivity contribution >= 4 is 34.1 Å². The van der Waals surface area contributed by atoms with Gasteiger partial charge in [0.05, 0.1) is 0 Å². The van der Waals surface area contributed by atoms with Crippen LogP contribution in [-0.4, -0.2) is 0 Å². The van der Waals surface area contributed by atoms with E-state index in [1.807, 2.05) is 0 Å². The Hall–Kier alpha value is -1.23. The summed E-state index contributed by atoms with van der Waals surface area (Å²) in [4.78, 5) is 0. The van der Waals surface area contributed by atoms with E-state index in [0.717, 1.165) is 24.7 Å². The summed E-state index contributed by atoms with van der Waals surface area (Å²) in [7, 11) is 19.7. The molecule has 0 N–H and O–H groups in total. The predicted molar refractivity (Wildman–Crippen MR) is 372 cm³/mol. The SMILES string of the molecule is C.C=CCCC(C)(C1CCCC1)C1C2C=C(C(C)(C)C)C=CC2C2C=CC(C(C)(C)C)=CC21.C=CCCCC1CCC(C(c2ccccc2)(c2ccccc2)C2C3C=C(C)C=CC3C3C=CC(C(C)(C)C)=CC32)C1.[CH3-].[CH3-].[CH3-].[CH3-].[Cl][Zr+2][Cl].[Cl][Zr+2][Cl]. The van der Waals surface area contributed by atoms with Crippen LogP contribution in [-0.2, 0) is 47.1 Å². The summed E-state index contributed by atoms with van der Waals surface area (Å²) in [6, 6.07) is 23.5. The van der Waals surface area contributed by atoms with Crippen LogP contribution in [0.4, 0.5) is 0 Å². The Morgan fingerprint density at radius 1 is 0.488 bits per heavy atom. The monoisotopic (exact) mass is 1370 g/mol. The number of rotatable bonds is 13. The molecule has 12 unspecified atom stereocenters. The van der Waals surface area contributed by atoms with Crippen LogP contribution in [0, 0.1) is 128 Å². The van der Waals surface area contributed by atoms with E-state index in [2.05, 4.69) is 235 Å². The second-order valence-electron chi connectivity index (χ2n) is 28.3. The van der Waals surface area contributed by atoms with E-state index in [1.54, 1.807) is 11.1 Å². The van der Waals surface area contributed by atoms with Gasteiger partial charge in [0.15, 0.2) is 0 Å². The Morgan fingerprint density at radius 3 is 1.26 bits per heavy atom. The van der Waals surface area contributed by atoms with Gasteiger partial charge in [0, 0.05) is 5.41 Å². The third-order valence-corrected chi connectivity index (χ3v) is 20.7. The maximum absolute atomic E-state index is 4.93. The quantitative estimate of drug-likeness (QED) is 0.107. The van der Waals surface area contributed by atoms with Crippen molar-refractivity contribution in [3.8, 4) is 0 Å². The van der Waals surface area contributed by atoms with Crippen LogP contribution in [0.15, 0.2) is 181 Å². The first kappa shape index (κ1) is 78.9. The zero-order valence-corrected chi connectivity index (χ0v) is 62.2. The van der Waals surface area contributed by atoms with Gasteiger partial charge in [-0.1, -0.05) is 254 Å². The molecule has 84 heavy (non-hydrogen) atoms. The van der Waals surface area contributed by atoms with Crippen LogP contribution >= 0.6 is 34.1 Å². The first-order valence-corrected chi connectivity index (χ1v) is 43.1. The number of hydrogen-bond acceptors (Lipinski definition) is 0. The fourth-order valence-electron chi connectivity index (χ4n) is 17.1. The van der Waals surface area contributed by atoms with Gasteiger partial charge in [0.2, 0.25) is 0 Å². The van der Waals surface area contributed by atoms with Crippen molar-refractivity contribution in [1.29, 1.82) is 0 Å². The van der Waals surface area contributed by atoms with Gasteiger partial charge in [0.1, 0.15) is 0 Å². The minimum atomic E-state index is -0.826. The van der Waals surface area contributed by atoms with Gasteiger partial charge < -0.3 is 29.7 Å². The van der Waals surface area contributed by atoms with Crippen LogP contribution in [0.2, 0.25) is 0 Å². The molecular weight excluding hydrogens is 1260 g/mol. The maximum atomic E-state index is 4.93. The molecule has 0 heterocycles. The molecule has 8 aliphatic carbocycles. The van der Waals surface area contributed by atoms with Crippen molar-refractivity contribution < 1.29 is 41.7 Å². The first-order valence-electron chi connectivity index (χ1n) is 30.5. The van der Waals surface area contributed by atoms with Gasteiger partial charge in [-0.05, 0) is 185 Å². The molecule has 10 rings (SSSR count). The molecule has 2 aromatic carbocycles. The van der Waals surface area contributed by atoms with Gasteiger partial charge in [-0.25, -0.2) is 0 Å². The van der Waals surface area contributed by atoms with Crippen molar-refractivity contribution in [3.05, 3.63) is 222 Å². The van der Waals surface area contributed by atoms with Crippen LogP contribution < -0.4 is 0 Å². The Labute approximate surface area is 556 Å². The minimum absolute atomic E-state index is 0. The van der Waals surface area contributed by atoms with E-state index in [-0.39, 0.29) is 58.8 Å². The van der Waals surface area contributed by atoms with E-state index in [4.69, 9.17) is 34.1 Å². The summed E-state index contributed by atoms with van der Waals surface area (Å²) in [5.41, 5.74) is 10.0. The van der Waals surface area contributed by atoms with Crippen molar-refractivity contribution in [1.82, 2.24) is 0 Å². The van der Waals surface area contributed by atoms with Crippen molar-refractivity contribution in [2.24, 2.45) is 98.6 Å². The molecule has 6 heteroatoms. The molecule has 0 spiro atoms. The molecule has 12 atom stereocenters. The summed E-state index contributed by atoms with van der Waals surface area (Å²) in [5.74, 6) is 8.26. The zero-order chi connectivity index (χ0) is 57.3. The van der Waals surface area contributed by atoms with Gasteiger partial charge in [-0.2, -0.15) is 0 Å². The summed E-state index contributed by atoms with van der Waals surface area (Å²) in [5, 5.41) is 0. The number of fused-ring (bicyclic) bond motifs is 6. The fourth-order valence-corrected chi connectivity index (χ4v) is 17.1. The number of benzene rings is 2. The predicted octanol–water partition coefficient (Wildman–Crippen LogP) is 25.4. The first-order chi connectivity index (χ1) is 37.6. The molecule has 2 aromatic rings. The van der Waals surface area contributed by atoms with Crippen LogP contribution in [0.1, 0.15) is 172 Å². The van der Waals surface area contributed by atoms with E-state index in [0.29, 0.717) is 70.5 Å². The third kappa shape index (κ3) is 17.6. The van der Waals surface area contributed by atoms with E-state index >= 15 is 0 Å². The molecule has 0 saturated heterocycles. The number of hydrogen-bond donors (Lipinski definition) is 0. The Balaban J connectivity index is 0.000000508. The van der Waals surface area contributed by atoms with Gasteiger partial charge in [0.25, 0.3) is 0 Å². The average molecular weight is 1380 g/mol. The molecule has 0 aliphatic heterocycles. The van der Waals surface area contributed by atoms with E-state index < -0.39 is 41.7 Å². The molecule has 0 bridgehead atoms. The average Bonchev–Trinajstić information content (AvgIpc) is 1.65. The number of unbranched alkanes of at least 4 members (excludes halogenated alkanes) is 1. The molecule has 0 radical (unpaired) electrons. The summed E-state index contributed by atoms with van der Waals surface area (Å²) in [6.45, 7) is 34.6. The van der Waals surface area contributed by atoms with E-state index in [1.165, 1.54) is 86.5 Å². The molecule has 4 fully saturated rings.